The zero-order chi connectivity index (χ0) is 23.4. The summed E-state index contributed by atoms with van der Waals surface area (Å²) in [5, 5.41) is 15.6. The highest BCUT2D eigenvalue weighted by Crippen LogP contribution is 2.41. The van der Waals surface area contributed by atoms with Gasteiger partial charge in [-0.25, -0.2) is 9.40 Å². The van der Waals surface area contributed by atoms with Crippen molar-refractivity contribution in [2.24, 2.45) is 0 Å². The number of anilines is 2. The van der Waals surface area contributed by atoms with Gasteiger partial charge in [0.1, 0.15) is 6.26 Å². The molecule has 1 aliphatic carbocycles. The van der Waals surface area contributed by atoms with E-state index in [9.17, 15) is 9.90 Å². The van der Waals surface area contributed by atoms with Crippen LogP contribution in [-0.2, 0) is 0 Å². The van der Waals surface area contributed by atoms with Gasteiger partial charge in [-0.15, -0.1) is 0 Å². The number of oxazole rings is 1. The van der Waals surface area contributed by atoms with Crippen LogP contribution in [0.25, 0.3) is 22.4 Å². The molecule has 1 saturated carbocycles. The van der Waals surface area contributed by atoms with Crippen molar-refractivity contribution in [3.05, 3.63) is 54.3 Å². The third kappa shape index (κ3) is 3.70. The third-order valence-corrected chi connectivity index (χ3v) is 6.68. The minimum absolute atomic E-state index is 0.0997. The summed E-state index contributed by atoms with van der Waals surface area (Å²) in [4.78, 5) is 24.0. The lowest BCUT2D eigenvalue weighted by atomic mass is 10.1. The molecule has 0 bridgehead atoms. The molecule has 3 aromatic heterocycles. The number of amides is 1. The van der Waals surface area contributed by atoms with Crippen molar-refractivity contribution in [2.45, 2.75) is 38.3 Å². The van der Waals surface area contributed by atoms with Gasteiger partial charge in [0, 0.05) is 47.7 Å². The van der Waals surface area contributed by atoms with Crippen LogP contribution >= 0.6 is 11.8 Å². The van der Waals surface area contributed by atoms with Crippen LogP contribution in [0.4, 0.5) is 11.4 Å². The lowest BCUT2D eigenvalue weighted by molar-refractivity contribution is 0.100. The second kappa shape index (κ2) is 8.11. The third-order valence-electron chi connectivity index (χ3n) is 6.35. The van der Waals surface area contributed by atoms with Gasteiger partial charge < -0.3 is 14.4 Å². The van der Waals surface area contributed by atoms with E-state index in [1.165, 1.54) is 6.26 Å². The van der Waals surface area contributed by atoms with Crippen molar-refractivity contribution in [1.29, 1.82) is 0 Å². The van der Waals surface area contributed by atoms with Crippen molar-refractivity contribution in [3.63, 3.8) is 0 Å². The molecule has 4 heterocycles. The number of hydrogen-bond acceptors (Lipinski definition) is 7. The minimum Gasteiger partial charge on any atom is -0.444 e. The SMILES string of the molecule is Cc1cc(-c2nc(C(=O)N(Cl)c3cc4c(cnn4C4CC4)cc3N3CC[C@H](O)C3)co2)ccn1. The van der Waals surface area contributed by atoms with E-state index in [0.29, 0.717) is 37.1 Å². The molecule has 1 aromatic carbocycles. The summed E-state index contributed by atoms with van der Waals surface area (Å²) in [6.07, 6.45) is 7.24. The summed E-state index contributed by atoms with van der Waals surface area (Å²) in [7, 11) is 0. The van der Waals surface area contributed by atoms with Gasteiger partial charge in [0.05, 0.1) is 35.2 Å². The lowest BCUT2D eigenvalue weighted by Crippen LogP contribution is -2.27. The number of aryl methyl sites for hydroxylation is 1. The number of aromatic nitrogens is 4. The Morgan fingerprint density at radius 2 is 2.12 bits per heavy atom. The summed E-state index contributed by atoms with van der Waals surface area (Å²) >= 11 is 6.68. The molecule has 9 nitrogen and oxygen atoms in total. The minimum atomic E-state index is -0.500. The molecule has 174 valence electrons. The standard InChI is InChI=1S/C24H23ClN6O3/c1-14-8-15(4-6-26-14)23-28-19(13-34-23)24(33)30(25)22-10-20-16(11-27-31(20)17-2-3-17)9-21(22)29-7-5-18(32)12-29/h4,6,8-11,13,17-18,32H,2-3,5,7,12H2,1H3/t18-/m0/s1. The highest BCUT2D eigenvalue weighted by atomic mass is 35.5. The second-order valence-electron chi connectivity index (χ2n) is 8.92. The number of fused-ring (bicyclic) bond motifs is 1. The van der Waals surface area contributed by atoms with Crippen molar-refractivity contribution in [2.75, 3.05) is 22.4 Å². The fourth-order valence-electron chi connectivity index (χ4n) is 4.44. The molecule has 10 heteroatoms. The van der Waals surface area contributed by atoms with Crippen LogP contribution in [0.1, 0.15) is 41.5 Å². The fourth-order valence-corrected chi connectivity index (χ4v) is 4.67. The monoisotopic (exact) mass is 478 g/mol. The molecule has 6 rings (SSSR count). The molecule has 1 saturated heterocycles. The Balaban J connectivity index is 1.38. The van der Waals surface area contributed by atoms with Gasteiger partial charge in [-0.2, -0.15) is 5.10 Å². The van der Waals surface area contributed by atoms with Crippen LogP contribution in [0.15, 0.2) is 47.3 Å². The largest absolute Gasteiger partial charge is 0.444 e. The Labute approximate surface area is 200 Å². The topological polar surface area (TPSA) is 101 Å². The predicted octanol–water partition coefficient (Wildman–Crippen LogP) is 4.10. The van der Waals surface area contributed by atoms with E-state index in [4.69, 9.17) is 16.2 Å². The smallest absolute Gasteiger partial charge is 0.294 e. The Morgan fingerprint density at radius 3 is 2.85 bits per heavy atom. The first kappa shape index (κ1) is 21.1. The maximum Gasteiger partial charge on any atom is 0.294 e. The van der Waals surface area contributed by atoms with E-state index >= 15 is 0 Å². The van der Waals surface area contributed by atoms with E-state index in [1.54, 1.807) is 12.3 Å². The summed E-state index contributed by atoms with van der Waals surface area (Å²) in [5.41, 5.74) is 3.88. The van der Waals surface area contributed by atoms with Crippen LogP contribution in [-0.4, -0.2) is 50.0 Å². The van der Waals surface area contributed by atoms with Crippen LogP contribution in [0.2, 0.25) is 0 Å². The van der Waals surface area contributed by atoms with Gasteiger partial charge in [-0.3, -0.25) is 14.5 Å². The molecule has 0 spiro atoms. The highest BCUT2D eigenvalue weighted by Gasteiger charge is 2.31. The average Bonchev–Trinajstić information content (AvgIpc) is 3.22. The molecule has 1 atom stereocenters. The van der Waals surface area contributed by atoms with Crippen molar-refractivity contribution in [1.82, 2.24) is 19.7 Å². The first-order valence-electron chi connectivity index (χ1n) is 11.3. The Hall–Kier alpha value is -3.43. The summed E-state index contributed by atoms with van der Waals surface area (Å²) in [6, 6.07) is 7.88. The molecule has 34 heavy (non-hydrogen) atoms. The average molecular weight is 479 g/mol. The Bertz CT molecular complexity index is 1390. The first-order valence-corrected chi connectivity index (χ1v) is 11.6. The molecular weight excluding hydrogens is 456 g/mol. The summed E-state index contributed by atoms with van der Waals surface area (Å²) < 4.78 is 8.65. The number of aliphatic hydroxyl groups excluding tert-OH is 1. The number of rotatable bonds is 5. The molecule has 1 N–H and O–H groups in total. The van der Waals surface area contributed by atoms with Crippen LogP contribution in [0, 0.1) is 6.92 Å². The highest BCUT2D eigenvalue weighted by molar-refractivity contribution is 6.40. The quantitative estimate of drug-likeness (QED) is 0.431. The number of carbonyl (C=O) groups is 1. The van der Waals surface area contributed by atoms with Crippen molar-refractivity contribution in [3.8, 4) is 11.5 Å². The molecule has 1 aliphatic heterocycles. The lowest BCUT2D eigenvalue weighted by Gasteiger charge is -2.25. The number of β-amino-alcohol motifs (C(OH)–C–C–N with tert-alkyl or cyclic N) is 1. The van der Waals surface area contributed by atoms with Crippen LogP contribution < -0.4 is 9.32 Å². The van der Waals surface area contributed by atoms with Gasteiger partial charge in [0.15, 0.2) is 5.69 Å². The van der Waals surface area contributed by atoms with Crippen molar-refractivity contribution >= 4 is 40.0 Å². The number of halogens is 1. The predicted molar refractivity (Wildman–Crippen MR) is 128 cm³/mol. The van der Waals surface area contributed by atoms with Gasteiger partial charge >= 0.3 is 0 Å². The number of nitrogens with zero attached hydrogens (tertiary/aromatic N) is 6. The van der Waals surface area contributed by atoms with E-state index in [0.717, 1.165) is 45.1 Å². The molecule has 0 unspecified atom stereocenters. The molecule has 2 fully saturated rings. The van der Waals surface area contributed by atoms with Crippen LogP contribution in [0.3, 0.4) is 0 Å². The number of carbonyl (C=O) groups excluding carboxylic acids is 1. The molecular formula is C24H23ClN6O3. The van der Waals surface area contributed by atoms with Gasteiger partial charge in [-0.1, -0.05) is 0 Å². The summed E-state index contributed by atoms with van der Waals surface area (Å²) in [6.45, 7) is 3.02. The molecule has 0 radical (unpaired) electrons. The van der Waals surface area contributed by atoms with Crippen molar-refractivity contribution < 1.29 is 14.3 Å². The first-order chi connectivity index (χ1) is 16.5. The van der Waals surface area contributed by atoms with E-state index < -0.39 is 12.0 Å². The Morgan fingerprint density at radius 1 is 1.26 bits per heavy atom. The number of benzene rings is 1. The second-order valence-corrected chi connectivity index (χ2v) is 9.26. The maximum absolute atomic E-state index is 13.4. The van der Waals surface area contributed by atoms with E-state index in [2.05, 4.69) is 15.1 Å². The molecule has 4 aromatic rings. The van der Waals surface area contributed by atoms with Gasteiger partial charge in [-0.05, 0) is 50.5 Å². The zero-order valence-corrected chi connectivity index (χ0v) is 19.3. The maximum atomic E-state index is 13.4. The molecule has 1 amide bonds. The normalized spacial score (nSPS) is 18.1. The fraction of sp³-hybridized carbons (Fsp3) is 0.333. The molecule has 2 aliphatic rings. The van der Waals surface area contributed by atoms with Gasteiger partial charge in [0.2, 0.25) is 5.89 Å². The van der Waals surface area contributed by atoms with Gasteiger partial charge in [0.25, 0.3) is 5.91 Å². The number of aliphatic hydroxyl groups is 1. The van der Waals surface area contributed by atoms with E-state index in [1.807, 2.05) is 40.9 Å². The van der Waals surface area contributed by atoms with Crippen LogP contribution in [0.5, 0.6) is 0 Å². The number of hydrogen-bond donors (Lipinski definition) is 1. The summed E-state index contributed by atoms with van der Waals surface area (Å²) in [5.74, 6) is -0.177. The number of pyridine rings is 1. The Kier molecular flexibility index (Phi) is 5.04. The van der Waals surface area contributed by atoms with E-state index in [-0.39, 0.29) is 5.69 Å². The zero-order valence-electron chi connectivity index (χ0n) is 18.6.